The van der Waals surface area contributed by atoms with Gasteiger partial charge in [-0.3, -0.25) is 4.79 Å². The van der Waals surface area contributed by atoms with Gasteiger partial charge in [0, 0.05) is 18.8 Å². The van der Waals surface area contributed by atoms with Crippen molar-refractivity contribution in [1.29, 1.82) is 0 Å². The number of benzene rings is 1. The fourth-order valence-corrected chi connectivity index (χ4v) is 2.33. The number of piperidine rings is 1. The van der Waals surface area contributed by atoms with E-state index in [1.807, 2.05) is 0 Å². The lowest BCUT2D eigenvalue weighted by Gasteiger charge is -2.28. The number of carbonyl (C=O) groups is 2. The molecule has 1 atom stereocenters. The summed E-state index contributed by atoms with van der Waals surface area (Å²) in [7, 11) is 0. The van der Waals surface area contributed by atoms with Gasteiger partial charge in [-0.1, -0.05) is 12.1 Å². The van der Waals surface area contributed by atoms with Gasteiger partial charge >= 0.3 is 5.97 Å². The number of nitrogens with two attached hydrogens (primary N) is 1. The van der Waals surface area contributed by atoms with Gasteiger partial charge < -0.3 is 15.4 Å². The molecule has 0 spiro atoms. The second-order valence-corrected chi connectivity index (χ2v) is 5.02. The Hall–Kier alpha value is -2.04. The molecule has 0 saturated carbocycles. The van der Waals surface area contributed by atoms with Gasteiger partial charge in [-0.15, -0.1) is 0 Å². The predicted octanol–water partition coefficient (Wildman–Crippen LogP) is 1.83. The largest absolute Gasteiger partial charge is 0.449 e. The van der Waals surface area contributed by atoms with Gasteiger partial charge in [0.2, 0.25) is 0 Å². The van der Waals surface area contributed by atoms with Crippen LogP contribution >= 0.6 is 0 Å². The highest BCUT2D eigenvalue weighted by molar-refractivity contribution is 5.96. The summed E-state index contributed by atoms with van der Waals surface area (Å²) in [6, 6.07) is 6.68. The number of amides is 1. The van der Waals surface area contributed by atoms with E-state index in [-0.39, 0.29) is 5.91 Å². The highest BCUT2D eigenvalue weighted by Crippen LogP contribution is 2.15. The van der Waals surface area contributed by atoms with Crippen molar-refractivity contribution in [1.82, 2.24) is 4.90 Å². The summed E-state index contributed by atoms with van der Waals surface area (Å²) < 4.78 is 5.22. The first-order valence-electron chi connectivity index (χ1n) is 6.94. The lowest BCUT2D eigenvalue weighted by molar-refractivity contribution is -0.140. The molecule has 1 aromatic rings. The smallest absolute Gasteiger partial charge is 0.341 e. The molecule has 1 amide bonds. The second-order valence-electron chi connectivity index (χ2n) is 5.02. The minimum atomic E-state index is -0.778. The van der Waals surface area contributed by atoms with Crippen molar-refractivity contribution < 1.29 is 14.3 Å². The van der Waals surface area contributed by atoms with Gasteiger partial charge in [-0.05, 0) is 38.3 Å². The highest BCUT2D eigenvalue weighted by Gasteiger charge is 2.25. The van der Waals surface area contributed by atoms with E-state index >= 15 is 0 Å². The van der Waals surface area contributed by atoms with Crippen LogP contribution in [0.4, 0.5) is 5.69 Å². The lowest BCUT2D eigenvalue weighted by Crippen LogP contribution is -2.42. The molecule has 20 heavy (non-hydrogen) atoms. The Morgan fingerprint density at radius 1 is 1.20 bits per heavy atom. The molecule has 2 rings (SSSR count). The summed E-state index contributed by atoms with van der Waals surface area (Å²) in [6.07, 6.45) is 2.40. The molecule has 1 saturated heterocycles. The van der Waals surface area contributed by atoms with Crippen LogP contribution in [-0.4, -0.2) is 36.0 Å². The average molecular weight is 276 g/mol. The molecular formula is C15H20N2O3. The van der Waals surface area contributed by atoms with E-state index in [1.54, 1.807) is 36.1 Å². The summed E-state index contributed by atoms with van der Waals surface area (Å²) in [6.45, 7) is 3.09. The Morgan fingerprint density at radius 2 is 1.85 bits per heavy atom. The van der Waals surface area contributed by atoms with Crippen molar-refractivity contribution in [3.8, 4) is 0 Å². The number of nitrogens with zero attached hydrogens (tertiary/aromatic N) is 1. The number of likely N-dealkylation sites (tertiary alicyclic amines) is 1. The number of para-hydroxylation sites is 1. The zero-order valence-corrected chi connectivity index (χ0v) is 11.7. The number of hydrogen-bond acceptors (Lipinski definition) is 4. The van der Waals surface area contributed by atoms with Crippen LogP contribution in [0.3, 0.4) is 0 Å². The summed E-state index contributed by atoms with van der Waals surface area (Å²) in [5, 5.41) is 0. The third kappa shape index (κ3) is 3.29. The molecule has 0 aliphatic carbocycles. The molecule has 1 unspecified atom stereocenters. The molecule has 0 radical (unpaired) electrons. The van der Waals surface area contributed by atoms with E-state index in [9.17, 15) is 9.59 Å². The molecule has 0 aromatic heterocycles. The minimum absolute atomic E-state index is 0.132. The zero-order chi connectivity index (χ0) is 14.5. The molecule has 1 heterocycles. The first-order valence-corrected chi connectivity index (χ1v) is 6.94. The van der Waals surface area contributed by atoms with Crippen LogP contribution in [-0.2, 0) is 9.53 Å². The topological polar surface area (TPSA) is 72.6 Å². The van der Waals surface area contributed by atoms with Crippen molar-refractivity contribution in [3.05, 3.63) is 29.8 Å². The van der Waals surface area contributed by atoms with Crippen LogP contribution in [0.1, 0.15) is 36.5 Å². The van der Waals surface area contributed by atoms with Crippen LogP contribution in [0.15, 0.2) is 24.3 Å². The zero-order valence-electron chi connectivity index (χ0n) is 11.7. The van der Waals surface area contributed by atoms with Crippen molar-refractivity contribution >= 4 is 17.6 Å². The number of nitrogen functional groups attached to an aromatic ring is 1. The summed E-state index contributed by atoms with van der Waals surface area (Å²) in [4.78, 5) is 25.9. The van der Waals surface area contributed by atoms with Gasteiger partial charge in [0.25, 0.3) is 5.91 Å². The van der Waals surface area contributed by atoms with Crippen molar-refractivity contribution in [2.24, 2.45) is 0 Å². The second kappa shape index (κ2) is 6.41. The normalized spacial score (nSPS) is 16.6. The maximum absolute atomic E-state index is 12.2. The molecule has 1 aromatic carbocycles. The van der Waals surface area contributed by atoms with Gasteiger partial charge in [-0.25, -0.2) is 4.79 Å². The quantitative estimate of drug-likeness (QED) is 0.675. The van der Waals surface area contributed by atoms with Gasteiger partial charge in [0.15, 0.2) is 6.10 Å². The van der Waals surface area contributed by atoms with E-state index < -0.39 is 12.1 Å². The Morgan fingerprint density at radius 3 is 2.50 bits per heavy atom. The molecule has 1 aliphatic heterocycles. The minimum Gasteiger partial charge on any atom is -0.449 e. The number of esters is 1. The molecular weight excluding hydrogens is 256 g/mol. The number of ether oxygens (including phenoxy) is 1. The Balaban J connectivity index is 1.97. The maximum Gasteiger partial charge on any atom is 0.341 e. The van der Waals surface area contributed by atoms with E-state index in [4.69, 9.17) is 10.5 Å². The molecule has 1 aliphatic rings. The third-order valence-electron chi connectivity index (χ3n) is 3.48. The fraction of sp³-hybridized carbons (Fsp3) is 0.467. The van der Waals surface area contributed by atoms with Crippen LogP contribution < -0.4 is 5.73 Å². The Bertz CT molecular complexity index is 496. The average Bonchev–Trinajstić information content (AvgIpc) is 2.47. The van der Waals surface area contributed by atoms with Crippen molar-refractivity contribution in [2.75, 3.05) is 18.8 Å². The number of hydrogen-bond donors (Lipinski definition) is 1. The summed E-state index contributed by atoms with van der Waals surface area (Å²) in [5.74, 6) is -0.687. The van der Waals surface area contributed by atoms with Crippen molar-refractivity contribution in [2.45, 2.75) is 32.3 Å². The molecule has 0 bridgehead atoms. The van der Waals surface area contributed by atoms with Gasteiger partial charge in [0.05, 0.1) is 5.56 Å². The lowest BCUT2D eigenvalue weighted by atomic mass is 10.1. The van der Waals surface area contributed by atoms with Crippen LogP contribution in [0, 0.1) is 0 Å². The van der Waals surface area contributed by atoms with Crippen molar-refractivity contribution in [3.63, 3.8) is 0 Å². The number of rotatable bonds is 3. The van der Waals surface area contributed by atoms with Crippen LogP contribution in [0.25, 0.3) is 0 Å². The molecule has 108 valence electrons. The van der Waals surface area contributed by atoms with Crippen LogP contribution in [0.2, 0.25) is 0 Å². The first kappa shape index (κ1) is 14.4. The first-order chi connectivity index (χ1) is 9.59. The van der Waals surface area contributed by atoms with E-state index in [0.29, 0.717) is 11.3 Å². The summed E-state index contributed by atoms with van der Waals surface area (Å²) >= 11 is 0. The number of carbonyl (C=O) groups excluding carboxylic acids is 2. The van der Waals surface area contributed by atoms with E-state index in [2.05, 4.69) is 0 Å². The Kier molecular flexibility index (Phi) is 4.61. The van der Waals surface area contributed by atoms with E-state index in [1.165, 1.54) is 0 Å². The molecule has 2 N–H and O–H groups in total. The van der Waals surface area contributed by atoms with Gasteiger partial charge in [-0.2, -0.15) is 0 Å². The van der Waals surface area contributed by atoms with E-state index in [0.717, 1.165) is 32.4 Å². The number of anilines is 1. The molecule has 1 fully saturated rings. The van der Waals surface area contributed by atoms with Gasteiger partial charge in [0.1, 0.15) is 0 Å². The highest BCUT2D eigenvalue weighted by atomic mass is 16.5. The SMILES string of the molecule is CC(OC(=O)c1ccccc1N)C(=O)N1CCCCC1. The predicted molar refractivity (Wildman–Crippen MR) is 76.2 cm³/mol. The van der Waals surface area contributed by atoms with Crippen LogP contribution in [0.5, 0.6) is 0 Å². The third-order valence-corrected chi connectivity index (χ3v) is 3.48. The standard InChI is InChI=1S/C15H20N2O3/c1-11(14(18)17-9-5-2-6-10-17)20-15(19)12-7-3-4-8-13(12)16/h3-4,7-8,11H,2,5-6,9-10,16H2,1H3. The maximum atomic E-state index is 12.2. The molecule has 5 nitrogen and oxygen atoms in total. The fourth-order valence-electron chi connectivity index (χ4n) is 2.33. The molecule has 5 heteroatoms. The summed E-state index contributed by atoms with van der Waals surface area (Å²) in [5.41, 5.74) is 6.37. The Labute approximate surface area is 118 Å². The monoisotopic (exact) mass is 276 g/mol.